The van der Waals surface area contributed by atoms with E-state index in [2.05, 4.69) is 0 Å². The third-order valence-corrected chi connectivity index (χ3v) is 1.90. The SMILES string of the molecule is CCCOc1cc([C@@H](C)O)ccc1F. The van der Waals surface area contributed by atoms with Crippen LogP contribution in [0.3, 0.4) is 0 Å². The smallest absolute Gasteiger partial charge is 0.165 e. The van der Waals surface area contributed by atoms with E-state index in [0.717, 1.165) is 6.42 Å². The largest absolute Gasteiger partial charge is 0.491 e. The Morgan fingerprint density at radius 1 is 1.50 bits per heavy atom. The second kappa shape index (κ2) is 4.96. The van der Waals surface area contributed by atoms with Gasteiger partial charge < -0.3 is 9.84 Å². The number of aliphatic hydroxyl groups is 1. The first-order valence-electron chi connectivity index (χ1n) is 4.75. The molecule has 0 amide bonds. The Morgan fingerprint density at radius 2 is 2.21 bits per heavy atom. The van der Waals surface area contributed by atoms with Crippen LogP contribution in [0.5, 0.6) is 5.75 Å². The van der Waals surface area contributed by atoms with Crippen LogP contribution in [0.15, 0.2) is 18.2 Å². The first-order valence-corrected chi connectivity index (χ1v) is 4.75. The van der Waals surface area contributed by atoms with Crippen LogP contribution >= 0.6 is 0 Å². The van der Waals surface area contributed by atoms with Gasteiger partial charge in [0.15, 0.2) is 11.6 Å². The van der Waals surface area contributed by atoms with Crippen molar-refractivity contribution in [3.05, 3.63) is 29.6 Å². The fourth-order valence-corrected chi connectivity index (χ4v) is 1.10. The number of benzene rings is 1. The van der Waals surface area contributed by atoms with E-state index < -0.39 is 6.10 Å². The standard InChI is InChI=1S/C11H15FO2/c1-3-6-14-11-7-9(8(2)13)4-5-10(11)12/h4-5,7-8,13H,3,6H2,1-2H3/t8-/m1/s1. The lowest BCUT2D eigenvalue weighted by atomic mass is 10.1. The van der Waals surface area contributed by atoms with Crippen molar-refractivity contribution in [1.29, 1.82) is 0 Å². The van der Waals surface area contributed by atoms with Gasteiger partial charge in [0.25, 0.3) is 0 Å². The normalized spacial score (nSPS) is 12.6. The first kappa shape index (κ1) is 11.0. The molecule has 1 aromatic rings. The minimum atomic E-state index is -0.598. The van der Waals surface area contributed by atoms with Crippen LogP contribution in [0.1, 0.15) is 31.9 Å². The van der Waals surface area contributed by atoms with E-state index in [1.165, 1.54) is 12.1 Å². The Labute approximate surface area is 83.3 Å². The Bertz CT molecular complexity index is 297. The number of halogens is 1. The average molecular weight is 198 g/mol. The summed E-state index contributed by atoms with van der Waals surface area (Å²) >= 11 is 0. The Hall–Kier alpha value is -1.09. The maximum atomic E-state index is 13.1. The number of hydrogen-bond donors (Lipinski definition) is 1. The lowest BCUT2D eigenvalue weighted by Gasteiger charge is -2.09. The monoisotopic (exact) mass is 198 g/mol. The van der Waals surface area contributed by atoms with Crippen LogP contribution in [-0.2, 0) is 0 Å². The molecule has 0 heterocycles. The summed E-state index contributed by atoms with van der Waals surface area (Å²) in [6, 6.07) is 4.40. The van der Waals surface area contributed by atoms with Crippen LogP contribution in [0.25, 0.3) is 0 Å². The summed E-state index contributed by atoms with van der Waals surface area (Å²) < 4.78 is 18.3. The molecule has 0 aliphatic carbocycles. The molecule has 0 bridgehead atoms. The molecular weight excluding hydrogens is 183 g/mol. The molecule has 0 radical (unpaired) electrons. The molecule has 0 aromatic heterocycles. The number of rotatable bonds is 4. The zero-order chi connectivity index (χ0) is 10.6. The van der Waals surface area contributed by atoms with Crippen molar-refractivity contribution in [3.8, 4) is 5.75 Å². The summed E-state index contributed by atoms with van der Waals surface area (Å²) in [7, 11) is 0. The fourth-order valence-electron chi connectivity index (χ4n) is 1.10. The maximum absolute atomic E-state index is 13.1. The van der Waals surface area contributed by atoms with E-state index in [1.807, 2.05) is 6.92 Å². The van der Waals surface area contributed by atoms with Gasteiger partial charge >= 0.3 is 0 Å². The van der Waals surface area contributed by atoms with Crippen molar-refractivity contribution in [1.82, 2.24) is 0 Å². The van der Waals surface area contributed by atoms with Gasteiger partial charge in [-0.1, -0.05) is 13.0 Å². The molecule has 0 fully saturated rings. The molecule has 3 heteroatoms. The van der Waals surface area contributed by atoms with Crippen LogP contribution in [0.4, 0.5) is 4.39 Å². The van der Waals surface area contributed by atoms with Gasteiger partial charge in [-0.3, -0.25) is 0 Å². The van der Waals surface area contributed by atoms with E-state index >= 15 is 0 Å². The van der Waals surface area contributed by atoms with Gasteiger partial charge in [-0.25, -0.2) is 4.39 Å². The average Bonchev–Trinajstić information content (AvgIpc) is 2.16. The molecule has 78 valence electrons. The van der Waals surface area contributed by atoms with E-state index in [-0.39, 0.29) is 11.6 Å². The predicted octanol–water partition coefficient (Wildman–Crippen LogP) is 2.67. The molecule has 0 aliphatic heterocycles. The quantitative estimate of drug-likeness (QED) is 0.806. The summed E-state index contributed by atoms with van der Waals surface area (Å²) in [6.07, 6.45) is 0.234. The summed E-state index contributed by atoms with van der Waals surface area (Å²) in [4.78, 5) is 0. The topological polar surface area (TPSA) is 29.5 Å². The number of ether oxygens (including phenoxy) is 1. The Balaban J connectivity index is 2.85. The number of hydrogen-bond acceptors (Lipinski definition) is 2. The molecule has 0 saturated carbocycles. The highest BCUT2D eigenvalue weighted by Crippen LogP contribution is 2.22. The van der Waals surface area contributed by atoms with Gasteiger partial charge in [-0.05, 0) is 31.0 Å². The summed E-state index contributed by atoms with van der Waals surface area (Å²) in [5, 5.41) is 9.29. The van der Waals surface area contributed by atoms with Crippen molar-refractivity contribution in [2.45, 2.75) is 26.4 Å². The molecule has 1 N–H and O–H groups in total. The molecule has 0 spiro atoms. The van der Waals surface area contributed by atoms with Crippen molar-refractivity contribution >= 4 is 0 Å². The lowest BCUT2D eigenvalue weighted by Crippen LogP contribution is -1.99. The first-order chi connectivity index (χ1) is 6.65. The molecule has 1 aromatic carbocycles. The van der Waals surface area contributed by atoms with Crippen molar-refractivity contribution in [2.24, 2.45) is 0 Å². The van der Waals surface area contributed by atoms with E-state index in [9.17, 15) is 9.50 Å². The van der Waals surface area contributed by atoms with E-state index in [1.54, 1.807) is 13.0 Å². The van der Waals surface area contributed by atoms with Gasteiger partial charge in [-0.15, -0.1) is 0 Å². The van der Waals surface area contributed by atoms with Gasteiger partial charge in [0.1, 0.15) is 0 Å². The molecule has 0 unspecified atom stereocenters. The third-order valence-electron chi connectivity index (χ3n) is 1.90. The Kier molecular flexibility index (Phi) is 3.89. The van der Waals surface area contributed by atoms with Crippen LogP contribution in [-0.4, -0.2) is 11.7 Å². The summed E-state index contributed by atoms with van der Waals surface area (Å²) in [5.74, 6) is -0.173. The van der Waals surface area contributed by atoms with Gasteiger partial charge in [0, 0.05) is 0 Å². The maximum Gasteiger partial charge on any atom is 0.165 e. The minimum Gasteiger partial charge on any atom is -0.491 e. The zero-order valence-corrected chi connectivity index (χ0v) is 8.46. The molecule has 1 rings (SSSR count). The van der Waals surface area contributed by atoms with E-state index in [0.29, 0.717) is 12.2 Å². The van der Waals surface area contributed by atoms with Gasteiger partial charge in [0.05, 0.1) is 12.7 Å². The number of aliphatic hydroxyl groups excluding tert-OH is 1. The third kappa shape index (κ3) is 2.70. The lowest BCUT2D eigenvalue weighted by molar-refractivity contribution is 0.198. The molecule has 14 heavy (non-hydrogen) atoms. The second-order valence-corrected chi connectivity index (χ2v) is 3.21. The Morgan fingerprint density at radius 3 is 2.79 bits per heavy atom. The highest BCUT2D eigenvalue weighted by Gasteiger charge is 2.07. The highest BCUT2D eigenvalue weighted by atomic mass is 19.1. The summed E-state index contributed by atoms with van der Waals surface area (Å²) in [5.41, 5.74) is 0.664. The van der Waals surface area contributed by atoms with Crippen molar-refractivity contribution < 1.29 is 14.2 Å². The molecular formula is C11H15FO2. The van der Waals surface area contributed by atoms with Crippen LogP contribution in [0.2, 0.25) is 0 Å². The van der Waals surface area contributed by atoms with Crippen molar-refractivity contribution in [2.75, 3.05) is 6.61 Å². The minimum absolute atomic E-state index is 0.213. The zero-order valence-electron chi connectivity index (χ0n) is 8.46. The second-order valence-electron chi connectivity index (χ2n) is 3.21. The molecule has 1 atom stereocenters. The van der Waals surface area contributed by atoms with Gasteiger partial charge in [-0.2, -0.15) is 0 Å². The van der Waals surface area contributed by atoms with Crippen LogP contribution < -0.4 is 4.74 Å². The molecule has 2 nitrogen and oxygen atoms in total. The van der Waals surface area contributed by atoms with E-state index in [4.69, 9.17) is 4.74 Å². The predicted molar refractivity (Wildman–Crippen MR) is 52.8 cm³/mol. The molecule has 0 aliphatic rings. The van der Waals surface area contributed by atoms with Crippen molar-refractivity contribution in [3.63, 3.8) is 0 Å². The van der Waals surface area contributed by atoms with Crippen LogP contribution in [0, 0.1) is 5.82 Å². The fraction of sp³-hybridized carbons (Fsp3) is 0.455. The molecule has 0 saturated heterocycles. The van der Waals surface area contributed by atoms with Gasteiger partial charge in [0.2, 0.25) is 0 Å². The summed E-state index contributed by atoms with van der Waals surface area (Å²) in [6.45, 7) is 4.08. The highest BCUT2D eigenvalue weighted by molar-refractivity contribution is 5.31.